The number of alkyl halides is 3. The van der Waals surface area contributed by atoms with Crippen molar-refractivity contribution >= 4 is 28.3 Å². The number of anilines is 1. The van der Waals surface area contributed by atoms with Crippen LogP contribution in [0.25, 0.3) is 11.0 Å². The van der Waals surface area contributed by atoms with Crippen molar-refractivity contribution in [1.82, 2.24) is 14.5 Å². The van der Waals surface area contributed by atoms with Crippen molar-refractivity contribution in [3.05, 3.63) is 71.3 Å². The van der Waals surface area contributed by atoms with Crippen LogP contribution in [0.2, 0.25) is 5.02 Å². The number of rotatable bonds is 11. The van der Waals surface area contributed by atoms with E-state index >= 15 is 0 Å². The molecule has 12 heteroatoms. The summed E-state index contributed by atoms with van der Waals surface area (Å²) in [5.74, 6) is 0.0236. The first-order valence-electron chi connectivity index (χ1n) is 11.3. The van der Waals surface area contributed by atoms with Crippen LogP contribution >= 0.6 is 11.6 Å². The third-order valence-corrected chi connectivity index (χ3v) is 5.62. The number of aromatic nitrogens is 3. The normalized spacial score (nSPS) is 11.6. The van der Waals surface area contributed by atoms with Gasteiger partial charge in [0.25, 0.3) is 0 Å². The zero-order valence-corrected chi connectivity index (χ0v) is 20.5. The topological polar surface area (TPSA) is 90.7 Å². The summed E-state index contributed by atoms with van der Waals surface area (Å²) in [7, 11) is 0. The van der Waals surface area contributed by atoms with E-state index in [0.29, 0.717) is 25.4 Å². The number of nitrogens with zero attached hydrogens (tertiary/aromatic N) is 3. The van der Waals surface area contributed by atoms with E-state index in [0.717, 1.165) is 28.5 Å². The third-order valence-electron chi connectivity index (χ3n) is 5.32. The number of fused-ring (bicyclic) bond motifs is 1. The molecule has 196 valence electrons. The molecule has 0 saturated carbocycles. The highest BCUT2D eigenvalue weighted by Crippen LogP contribution is 2.34. The van der Waals surface area contributed by atoms with Crippen molar-refractivity contribution in [3.8, 4) is 17.2 Å². The molecule has 0 unspecified atom stereocenters. The van der Waals surface area contributed by atoms with Crippen molar-refractivity contribution in [3.63, 3.8) is 0 Å². The number of ether oxygens (including phenoxy) is 3. The Labute approximate surface area is 215 Å². The van der Waals surface area contributed by atoms with Crippen LogP contribution in [-0.4, -0.2) is 45.8 Å². The third kappa shape index (κ3) is 7.03. The molecule has 4 aromatic rings. The largest absolute Gasteiger partial charge is 0.573 e. The van der Waals surface area contributed by atoms with E-state index in [9.17, 15) is 13.2 Å². The molecule has 0 spiro atoms. The highest BCUT2D eigenvalue weighted by molar-refractivity contribution is 6.32. The van der Waals surface area contributed by atoms with Crippen LogP contribution in [0.1, 0.15) is 11.4 Å². The van der Waals surface area contributed by atoms with Gasteiger partial charge in [-0.1, -0.05) is 17.7 Å². The number of hydrogen-bond acceptors (Lipinski definition) is 7. The maximum Gasteiger partial charge on any atom is 0.573 e. The Balaban J connectivity index is 1.45. The lowest BCUT2D eigenvalue weighted by molar-refractivity contribution is -0.274. The lowest BCUT2D eigenvalue weighted by atomic mass is 10.2. The quantitative estimate of drug-likeness (QED) is 0.237. The number of aliphatic hydroxyl groups excluding tert-OH is 1. The molecular formula is C25H24ClF3N4O4. The number of aliphatic hydroxyl groups is 1. The van der Waals surface area contributed by atoms with Gasteiger partial charge in [0.1, 0.15) is 23.6 Å². The van der Waals surface area contributed by atoms with Crippen LogP contribution in [0.15, 0.2) is 54.9 Å². The van der Waals surface area contributed by atoms with E-state index in [1.807, 2.05) is 13.0 Å². The predicted molar refractivity (Wildman–Crippen MR) is 132 cm³/mol. The first-order chi connectivity index (χ1) is 17.7. The molecule has 0 atom stereocenters. The van der Waals surface area contributed by atoms with Gasteiger partial charge in [0, 0.05) is 24.0 Å². The standard InChI is InChI=1S/C25H24ClF3N4O4/c1-16-11-21-24(33(16)7-9-35-10-8-34)22(32-15-31-21)14-30-17-5-6-23(20(26)12-17)36-18-3-2-4-19(13-18)37-25(27,28)29/h2-6,11-13,15,30,34H,7-10,14H2,1H3. The van der Waals surface area contributed by atoms with E-state index in [-0.39, 0.29) is 29.7 Å². The van der Waals surface area contributed by atoms with Crippen molar-refractivity contribution in [2.75, 3.05) is 25.1 Å². The molecule has 8 nitrogen and oxygen atoms in total. The molecule has 4 rings (SSSR count). The average Bonchev–Trinajstić information content (AvgIpc) is 3.16. The first kappa shape index (κ1) is 26.5. The van der Waals surface area contributed by atoms with E-state index < -0.39 is 12.1 Å². The second kappa shape index (κ2) is 11.7. The van der Waals surface area contributed by atoms with Gasteiger partial charge in [-0.05, 0) is 43.3 Å². The number of aryl methyl sites for hydroxylation is 1. The van der Waals surface area contributed by atoms with Gasteiger partial charge >= 0.3 is 6.36 Å². The van der Waals surface area contributed by atoms with Gasteiger partial charge in [-0.25, -0.2) is 9.97 Å². The highest BCUT2D eigenvalue weighted by atomic mass is 35.5. The number of benzene rings is 2. The van der Waals surface area contributed by atoms with Crippen LogP contribution in [-0.2, 0) is 17.8 Å². The summed E-state index contributed by atoms with van der Waals surface area (Å²) in [6.07, 6.45) is -3.29. The summed E-state index contributed by atoms with van der Waals surface area (Å²) in [4.78, 5) is 8.81. The van der Waals surface area contributed by atoms with Crippen molar-refractivity contribution in [2.24, 2.45) is 0 Å². The van der Waals surface area contributed by atoms with Crippen LogP contribution in [0, 0.1) is 6.92 Å². The molecule has 0 amide bonds. The Morgan fingerprint density at radius 2 is 1.86 bits per heavy atom. The predicted octanol–water partition coefficient (Wildman–Crippen LogP) is 5.71. The van der Waals surface area contributed by atoms with Crippen molar-refractivity contribution in [2.45, 2.75) is 26.4 Å². The zero-order valence-electron chi connectivity index (χ0n) is 19.8. The molecule has 2 aromatic heterocycles. The van der Waals surface area contributed by atoms with Gasteiger partial charge in [-0.2, -0.15) is 0 Å². The summed E-state index contributed by atoms with van der Waals surface area (Å²) in [6.45, 7) is 3.63. The first-order valence-corrected chi connectivity index (χ1v) is 11.7. The molecule has 37 heavy (non-hydrogen) atoms. The average molecular weight is 537 g/mol. The smallest absolute Gasteiger partial charge is 0.456 e. The molecule has 0 aliphatic rings. The Morgan fingerprint density at radius 1 is 1.05 bits per heavy atom. The molecule has 0 radical (unpaired) electrons. The number of nitrogens with one attached hydrogen (secondary N) is 1. The molecule has 2 N–H and O–H groups in total. The molecule has 0 bridgehead atoms. The van der Waals surface area contributed by atoms with Crippen LogP contribution in [0.5, 0.6) is 17.2 Å². The maximum absolute atomic E-state index is 12.5. The summed E-state index contributed by atoms with van der Waals surface area (Å²) >= 11 is 6.38. The van der Waals surface area contributed by atoms with Crippen LogP contribution in [0.4, 0.5) is 18.9 Å². The van der Waals surface area contributed by atoms with Gasteiger partial charge in [0.05, 0.1) is 48.1 Å². The highest BCUT2D eigenvalue weighted by Gasteiger charge is 2.31. The van der Waals surface area contributed by atoms with Crippen molar-refractivity contribution < 1.29 is 32.5 Å². The van der Waals surface area contributed by atoms with E-state index in [1.165, 1.54) is 24.5 Å². The van der Waals surface area contributed by atoms with Gasteiger partial charge in [-0.3, -0.25) is 0 Å². The number of halogens is 4. The van der Waals surface area contributed by atoms with Gasteiger partial charge in [-0.15, -0.1) is 13.2 Å². The molecule has 0 saturated heterocycles. The van der Waals surface area contributed by atoms with Crippen LogP contribution in [0.3, 0.4) is 0 Å². The van der Waals surface area contributed by atoms with E-state index in [2.05, 4.69) is 24.6 Å². The van der Waals surface area contributed by atoms with E-state index in [4.69, 9.17) is 26.2 Å². The van der Waals surface area contributed by atoms with Gasteiger partial charge in [0.15, 0.2) is 0 Å². The lowest BCUT2D eigenvalue weighted by Crippen LogP contribution is -2.17. The van der Waals surface area contributed by atoms with E-state index in [1.54, 1.807) is 18.2 Å². The Kier molecular flexibility index (Phi) is 8.37. The van der Waals surface area contributed by atoms with Crippen molar-refractivity contribution in [1.29, 1.82) is 0 Å². The fraction of sp³-hybridized carbons (Fsp3) is 0.280. The zero-order chi connectivity index (χ0) is 26.4. The second-order valence-corrected chi connectivity index (χ2v) is 8.36. The SMILES string of the molecule is Cc1cc2ncnc(CNc3ccc(Oc4cccc(OC(F)(F)F)c4)c(Cl)c3)c2n1CCOCCO. The molecule has 2 aromatic carbocycles. The second-order valence-electron chi connectivity index (χ2n) is 7.95. The molecule has 0 aliphatic carbocycles. The summed E-state index contributed by atoms with van der Waals surface area (Å²) < 4.78 is 54.5. The summed E-state index contributed by atoms with van der Waals surface area (Å²) in [5, 5.41) is 12.5. The fourth-order valence-corrected chi connectivity index (χ4v) is 3.98. The van der Waals surface area contributed by atoms with Crippen LogP contribution < -0.4 is 14.8 Å². The Bertz CT molecular complexity index is 1360. The molecule has 2 heterocycles. The van der Waals surface area contributed by atoms with Gasteiger partial charge in [0.2, 0.25) is 0 Å². The number of hydrogen-bond donors (Lipinski definition) is 2. The molecular weight excluding hydrogens is 513 g/mol. The monoisotopic (exact) mass is 536 g/mol. The minimum atomic E-state index is -4.80. The maximum atomic E-state index is 12.5. The Hall–Kier alpha value is -3.54. The summed E-state index contributed by atoms with van der Waals surface area (Å²) in [6, 6.07) is 12.2. The molecule has 0 aliphatic heterocycles. The Morgan fingerprint density at radius 3 is 2.62 bits per heavy atom. The minimum Gasteiger partial charge on any atom is -0.456 e. The van der Waals surface area contributed by atoms with Gasteiger partial charge < -0.3 is 29.2 Å². The molecule has 0 fully saturated rings. The fourth-order valence-electron chi connectivity index (χ4n) is 3.76. The minimum absolute atomic E-state index is 0.0328. The summed E-state index contributed by atoms with van der Waals surface area (Å²) in [5.41, 5.74) is 4.17. The lowest BCUT2D eigenvalue weighted by Gasteiger charge is -2.14.